The van der Waals surface area contributed by atoms with E-state index >= 15 is 0 Å². The Labute approximate surface area is 116 Å². The number of carbonyl (C=O) groups is 1. The van der Waals surface area contributed by atoms with Crippen LogP contribution in [0.2, 0.25) is 0 Å². The van der Waals surface area contributed by atoms with Crippen LogP contribution in [0.4, 0.5) is 0 Å². The molecule has 2 rings (SSSR count). The molecule has 0 aliphatic rings. The lowest BCUT2D eigenvalue weighted by Gasteiger charge is -2.05. The van der Waals surface area contributed by atoms with Gasteiger partial charge in [-0.3, -0.25) is 4.79 Å². The van der Waals surface area contributed by atoms with Gasteiger partial charge in [-0.2, -0.15) is 0 Å². The van der Waals surface area contributed by atoms with Gasteiger partial charge in [0.2, 0.25) is 0 Å². The minimum Gasteiger partial charge on any atom is -0.486 e. The monoisotopic (exact) mass is 327 g/mol. The van der Waals surface area contributed by atoms with Crippen LogP contribution in [0.5, 0.6) is 5.75 Å². The molecule has 1 aromatic carbocycles. The molecule has 1 aromatic heterocycles. The Morgan fingerprint density at radius 3 is 3.00 bits per heavy atom. The van der Waals surface area contributed by atoms with E-state index in [-0.39, 0.29) is 6.42 Å². The van der Waals surface area contributed by atoms with Crippen molar-refractivity contribution < 1.29 is 14.6 Å². The van der Waals surface area contributed by atoms with E-state index < -0.39 is 5.97 Å². The first-order valence-electron chi connectivity index (χ1n) is 5.17. The molecule has 0 bridgehead atoms. The minimum atomic E-state index is -0.851. The number of thiazole rings is 1. The Morgan fingerprint density at radius 2 is 2.33 bits per heavy atom. The highest BCUT2D eigenvalue weighted by Gasteiger charge is 2.04. The fourth-order valence-electron chi connectivity index (χ4n) is 1.42. The number of aliphatic carboxylic acids is 1. The molecule has 4 nitrogen and oxygen atoms in total. The van der Waals surface area contributed by atoms with Crippen LogP contribution < -0.4 is 4.74 Å². The van der Waals surface area contributed by atoms with E-state index in [0.717, 1.165) is 14.4 Å². The van der Waals surface area contributed by atoms with Crippen LogP contribution >= 0.6 is 27.3 Å². The van der Waals surface area contributed by atoms with Crippen LogP contribution in [0.15, 0.2) is 34.2 Å². The number of aromatic nitrogens is 1. The number of hydrogen-bond acceptors (Lipinski definition) is 4. The smallest absolute Gasteiger partial charge is 0.307 e. The van der Waals surface area contributed by atoms with Crippen LogP contribution in [0, 0.1) is 0 Å². The number of benzene rings is 1. The van der Waals surface area contributed by atoms with Gasteiger partial charge in [-0.15, -0.1) is 11.3 Å². The third-order valence-corrected chi connectivity index (χ3v) is 3.59. The second kappa shape index (κ2) is 5.97. The Kier molecular flexibility index (Phi) is 4.33. The topological polar surface area (TPSA) is 59.4 Å². The summed E-state index contributed by atoms with van der Waals surface area (Å²) in [6.07, 6.45) is 1.73. The summed E-state index contributed by atoms with van der Waals surface area (Å²) in [5.41, 5.74) is 0.723. The second-order valence-corrected chi connectivity index (χ2v) is 6.06. The molecule has 0 aliphatic heterocycles. The van der Waals surface area contributed by atoms with Crippen molar-refractivity contribution in [2.75, 3.05) is 0 Å². The highest BCUT2D eigenvalue weighted by atomic mass is 79.9. The van der Waals surface area contributed by atoms with Gasteiger partial charge in [0.05, 0.1) is 16.4 Å². The lowest BCUT2D eigenvalue weighted by atomic mass is 10.1. The Bertz CT molecular complexity index is 556. The van der Waals surface area contributed by atoms with Gasteiger partial charge < -0.3 is 9.84 Å². The van der Waals surface area contributed by atoms with Crippen molar-refractivity contribution in [2.45, 2.75) is 13.0 Å². The van der Waals surface area contributed by atoms with Crippen molar-refractivity contribution in [2.24, 2.45) is 0 Å². The van der Waals surface area contributed by atoms with Gasteiger partial charge in [0, 0.05) is 0 Å². The molecular weight excluding hydrogens is 318 g/mol. The molecule has 0 unspecified atom stereocenters. The fourth-order valence-corrected chi connectivity index (χ4v) is 2.64. The Balaban J connectivity index is 1.98. The van der Waals surface area contributed by atoms with E-state index in [9.17, 15) is 4.79 Å². The number of carboxylic acids is 1. The standard InChI is InChI=1S/C12H10BrNO3S/c13-10-6-14-11(18-10)7-17-9-3-1-2-8(4-9)5-12(15)16/h1-4,6H,5,7H2,(H,15,16). The zero-order valence-corrected chi connectivity index (χ0v) is 11.7. The third kappa shape index (κ3) is 3.82. The van der Waals surface area contributed by atoms with Crippen LogP contribution in [-0.2, 0) is 17.8 Å². The van der Waals surface area contributed by atoms with Gasteiger partial charge >= 0.3 is 5.97 Å². The largest absolute Gasteiger partial charge is 0.486 e. The maximum Gasteiger partial charge on any atom is 0.307 e. The number of hydrogen-bond donors (Lipinski definition) is 1. The molecule has 1 N–H and O–H groups in total. The molecule has 0 spiro atoms. The van der Waals surface area contributed by atoms with Crippen molar-refractivity contribution in [1.29, 1.82) is 0 Å². The van der Waals surface area contributed by atoms with Crippen LogP contribution in [0.1, 0.15) is 10.6 Å². The number of nitrogens with zero attached hydrogens (tertiary/aromatic N) is 1. The molecule has 0 saturated carbocycles. The van der Waals surface area contributed by atoms with Crippen LogP contribution in [0.3, 0.4) is 0 Å². The Morgan fingerprint density at radius 1 is 1.50 bits per heavy atom. The zero-order valence-electron chi connectivity index (χ0n) is 9.30. The lowest BCUT2D eigenvalue weighted by Crippen LogP contribution is -2.00. The van der Waals surface area contributed by atoms with Gasteiger partial charge in [-0.25, -0.2) is 4.98 Å². The van der Waals surface area contributed by atoms with E-state index in [1.807, 2.05) is 0 Å². The SMILES string of the molecule is O=C(O)Cc1cccc(OCc2ncc(Br)s2)c1. The molecule has 6 heteroatoms. The summed E-state index contributed by atoms with van der Waals surface area (Å²) in [7, 11) is 0. The van der Waals surface area contributed by atoms with Gasteiger partial charge in [0.25, 0.3) is 0 Å². The van der Waals surface area contributed by atoms with Gasteiger partial charge in [-0.05, 0) is 33.6 Å². The molecule has 1 heterocycles. The molecule has 0 saturated heterocycles. The molecule has 0 aliphatic carbocycles. The molecule has 18 heavy (non-hydrogen) atoms. The van der Waals surface area contributed by atoms with Gasteiger partial charge in [0.15, 0.2) is 0 Å². The quantitative estimate of drug-likeness (QED) is 0.916. The van der Waals surface area contributed by atoms with E-state index in [0.29, 0.717) is 12.4 Å². The summed E-state index contributed by atoms with van der Waals surface area (Å²) in [6, 6.07) is 7.08. The predicted octanol–water partition coefficient (Wildman–Crippen LogP) is 3.11. The van der Waals surface area contributed by atoms with Crippen LogP contribution in [-0.4, -0.2) is 16.1 Å². The summed E-state index contributed by atoms with van der Waals surface area (Å²) < 4.78 is 6.52. The highest BCUT2D eigenvalue weighted by Crippen LogP contribution is 2.21. The van der Waals surface area contributed by atoms with Gasteiger partial charge in [0.1, 0.15) is 17.4 Å². The predicted molar refractivity (Wildman–Crippen MR) is 71.9 cm³/mol. The average Bonchev–Trinajstić information content (AvgIpc) is 2.72. The number of halogens is 1. The lowest BCUT2D eigenvalue weighted by molar-refractivity contribution is -0.136. The molecule has 0 atom stereocenters. The molecule has 0 fully saturated rings. The first-order chi connectivity index (χ1) is 8.63. The molecular formula is C12H10BrNO3S. The number of rotatable bonds is 5. The van der Waals surface area contributed by atoms with Gasteiger partial charge in [-0.1, -0.05) is 12.1 Å². The summed E-state index contributed by atoms with van der Waals surface area (Å²) >= 11 is 4.84. The first-order valence-corrected chi connectivity index (χ1v) is 6.78. The summed E-state index contributed by atoms with van der Waals surface area (Å²) in [6.45, 7) is 0.382. The average molecular weight is 328 g/mol. The summed E-state index contributed by atoms with van der Waals surface area (Å²) in [4.78, 5) is 14.8. The van der Waals surface area contributed by atoms with Crippen molar-refractivity contribution >= 4 is 33.2 Å². The van der Waals surface area contributed by atoms with Crippen molar-refractivity contribution in [3.8, 4) is 5.75 Å². The van der Waals surface area contributed by atoms with E-state index in [1.165, 1.54) is 11.3 Å². The molecule has 2 aromatic rings. The van der Waals surface area contributed by atoms with Crippen molar-refractivity contribution in [3.63, 3.8) is 0 Å². The molecule has 0 amide bonds. The maximum absolute atomic E-state index is 10.6. The van der Waals surface area contributed by atoms with Crippen LogP contribution in [0.25, 0.3) is 0 Å². The second-order valence-electron chi connectivity index (χ2n) is 3.56. The third-order valence-electron chi connectivity index (χ3n) is 2.14. The normalized spacial score (nSPS) is 10.3. The van der Waals surface area contributed by atoms with E-state index in [4.69, 9.17) is 9.84 Å². The fraction of sp³-hybridized carbons (Fsp3) is 0.167. The number of carboxylic acid groups (broad SMARTS) is 1. The highest BCUT2D eigenvalue weighted by molar-refractivity contribution is 9.11. The van der Waals surface area contributed by atoms with Crippen molar-refractivity contribution in [1.82, 2.24) is 4.98 Å². The maximum atomic E-state index is 10.6. The Hall–Kier alpha value is -1.40. The molecule has 94 valence electrons. The zero-order chi connectivity index (χ0) is 13.0. The summed E-state index contributed by atoms with van der Waals surface area (Å²) in [5.74, 6) is -0.198. The van der Waals surface area contributed by atoms with E-state index in [2.05, 4.69) is 20.9 Å². The number of ether oxygens (including phenoxy) is 1. The minimum absolute atomic E-state index is 0.000000131. The van der Waals surface area contributed by atoms with Crippen molar-refractivity contribution in [3.05, 3.63) is 44.8 Å². The van der Waals surface area contributed by atoms with E-state index in [1.54, 1.807) is 30.5 Å². The first kappa shape index (κ1) is 13.0. The molecule has 0 radical (unpaired) electrons. The summed E-state index contributed by atoms with van der Waals surface area (Å²) in [5, 5.41) is 9.58.